The molecule has 5 nitrogen and oxygen atoms in total. The number of hydrogen-bond acceptors (Lipinski definition) is 3. The molecule has 0 aliphatic carbocycles. The van der Waals surface area contributed by atoms with E-state index in [1.54, 1.807) is 11.0 Å². The maximum absolute atomic E-state index is 12.2. The molecule has 0 aromatic heterocycles. The zero-order valence-electron chi connectivity index (χ0n) is 11.4. The van der Waals surface area contributed by atoms with Crippen LogP contribution in [0.4, 0.5) is 4.79 Å². The number of likely N-dealkylation sites (N-methyl/N-ethyl adjacent to an activating group) is 1. The summed E-state index contributed by atoms with van der Waals surface area (Å²) in [6.07, 6.45) is 0.704. The van der Waals surface area contributed by atoms with Crippen molar-refractivity contribution in [2.45, 2.75) is 19.4 Å². The number of aliphatic hydroxyl groups excluding tert-OH is 1. The van der Waals surface area contributed by atoms with E-state index in [1.165, 1.54) is 0 Å². The smallest absolute Gasteiger partial charge is 0.317 e. The molecule has 0 saturated carbocycles. The van der Waals surface area contributed by atoms with Crippen LogP contribution in [-0.2, 0) is 0 Å². The normalized spacial score (nSPS) is 17.1. The molecular formula is C14H19ClN2O3. The monoisotopic (exact) mass is 298 g/mol. The van der Waals surface area contributed by atoms with Crippen LogP contribution in [0.2, 0.25) is 5.02 Å². The van der Waals surface area contributed by atoms with Gasteiger partial charge >= 0.3 is 6.03 Å². The molecule has 2 amide bonds. The first-order valence-electron chi connectivity index (χ1n) is 6.74. The highest BCUT2D eigenvalue weighted by molar-refractivity contribution is 6.32. The number of urea groups is 1. The Labute approximate surface area is 123 Å². The van der Waals surface area contributed by atoms with Gasteiger partial charge in [0.1, 0.15) is 5.75 Å². The van der Waals surface area contributed by atoms with Crippen molar-refractivity contribution in [3.8, 4) is 5.75 Å². The number of rotatable bonds is 4. The van der Waals surface area contributed by atoms with Crippen molar-refractivity contribution >= 4 is 17.6 Å². The molecule has 2 N–H and O–H groups in total. The van der Waals surface area contributed by atoms with Gasteiger partial charge in [-0.15, -0.1) is 0 Å². The molecule has 0 bridgehead atoms. The molecule has 0 spiro atoms. The SMILES string of the molecule is CCN(CCO)C(=O)NC1CCOc2c(Cl)cccc21. The molecular weight excluding hydrogens is 280 g/mol. The number of halogens is 1. The second-order valence-electron chi connectivity index (χ2n) is 4.60. The van der Waals surface area contributed by atoms with Crippen LogP contribution in [0.15, 0.2) is 18.2 Å². The maximum atomic E-state index is 12.2. The maximum Gasteiger partial charge on any atom is 0.317 e. The van der Waals surface area contributed by atoms with Crippen LogP contribution < -0.4 is 10.1 Å². The van der Waals surface area contributed by atoms with Crippen LogP contribution in [-0.4, -0.2) is 42.3 Å². The molecule has 1 atom stereocenters. The molecule has 20 heavy (non-hydrogen) atoms. The van der Waals surface area contributed by atoms with E-state index in [1.807, 2.05) is 19.1 Å². The Balaban J connectivity index is 2.12. The fourth-order valence-corrected chi connectivity index (χ4v) is 2.54. The fraction of sp³-hybridized carbons (Fsp3) is 0.500. The average Bonchev–Trinajstić information content (AvgIpc) is 2.45. The number of fused-ring (bicyclic) bond motifs is 1. The van der Waals surface area contributed by atoms with Crippen molar-refractivity contribution in [1.82, 2.24) is 10.2 Å². The number of nitrogens with zero attached hydrogens (tertiary/aromatic N) is 1. The van der Waals surface area contributed by atoms with E-state index in [2.05, 4.69) is 5.32 Å². The molecule has 0 radical (unpaired) electrons. The van der Waals surface area contributed by atoms with Crippen LogP contribution in [0.5, 0.6) is 5.75 Å². The first-order valence-corrected chi connectivity index (χ1v) is 7.12. The van der Waals surface area contributed by atoms with Gasteiger partial charge in [-0.3, -0.25) is 0 Å². The summed E-state index contributed by atoms with van der Waals surface area (Å²) in [5.41, 5.74) is 0.900. The fourth-order valence-electron chi connectivity index (χ4n) is 2.30. The summed E-state index contributed by atoms with van der Waals surface area (Å²) in [4.78, 5) is 13.7. The predicted octanol–water partition coefficient (Wildman–Crippen LogP) is 2.19. The number of amides is 2. The van der Waals surface area contributed by atoms with Gasteiger partial charge in [-0.2, -0.15) is 0 Å². The molecule has 1 aromatic carbocycles. The Bertz CT molecular complexity index is 481. The second-order valence-corrected chi connectivity index (χ2v) is 5.01. The lowest BCUT2D eigenvalue weighted by atomic mass is 10.0. The minimum atomic E-state index is -0.181. The van der Waals surface area contributed by atoms with Crippen LogP contribution >= 0.6 is 11.6 Å². The highest BCUT2D eigenvalue weighted by atomic mass is 35.5. The van der Waals surface area contributed by atoms with E-state index in [0.717, 1.165) is 5.56 Å². The Morgan fingerprint density at radius 1 is 1.60 bits per heavy atom. The lowest BCUT2D eigenvalue weighted by Crippen LogP contribution is -2.43. The highest BCUT2D eigenvalue weighted by Crippen LogP contribution is 2.37. The lowest BCUT2D eigenvalue weighted by molar-refractivity contribution is 0.172. The summed E-state index contributed by atoms with van der Waals surface area (Å²) < 4.78 is 5.56. The predicted molar refractivity (Wildman–Crippen MR) is 77.2 cm³/mol. The van der Waals surface area contributed by atoms with Crippen molar-refractivity contribution in [2.24, 2.45) is 0 Å². The van der Waals surface area contributed by atoms with Crippen LogP contribution in [0.3, 0.4) is 0 Å². The number of hydrogen-bond donors (Lipinski definition) is 2. The van der Waals surface area contributed by atoms with Gasteiger partial charge in [-0.1, -0.05) is 23.7 Å². The van der Waals surface area contributed by atoms with Gasteiger partial charge in [0, 0.05) is 25.1 Å². The summed E-state index contributed by atoms with van der Waals surface area (Å²) in [7, 11) is 0. The Hall–Kier alpha value is -1.46. The van der Waals surface area contributed by atoms with Crippen molar-refractivity contribution in [1.29, 1.82) is 0 Å². The number of carbonyl (C=O) groups is 1. The van der Waals surface area contributed by atoms with E-state index >= 15 is 0 Å². The second kappa shape index (κ2) is 6.81. The minimum absolute atomic E-state index is 0.0442. The molecule has 1 aliphatic rings. The van der Waals surface area contributed by atoms with Crippen molar-refractivity contribution < 1.29 is 14.6 Å². The molecule has 1 unspecified atom stereocenters. The molecule has 2 rings (SSSR count). The molecule has 1 aromatic rings. The largest absolute Gasteiger partial charge is 0.492 e. The zero-order valence-corrected chi connectivity index (χ0v) is 12.2. The third-order valence-corrected chi connectivity index (χ3v) is 3.66. The minimum Gasteiger partial charge on any atom is -0.492 e. The summed E-state index contributed by atoms with van der Waals surface area (Å²) in [5.74, 6) is 0.649. The molecule has 0 fully saturated rings. The number of benzene rings is 1. The van der Waals surface area contributed by atoms with Crippen molar-refractivity contribution in [2.75, 3.05) is 26.3 Å². The highest BCUT2D eigenvalue weighted by Gasteiger charge is 2.25. The van der Waals surface area contributed by atoms with Crippen LogP contribution in [0, 0.1) is 0 Å². The van der Waals surface area contributed by atoms with Gasteiger partial charge in [0.25, 0.3) is 0 Å². The Kier molecular flexibility index (Phi) is 5.09. The van der Waals surface area contributed by atoms with Crippen LogP contribution in [0.1, 0.15) is 24.9 Å². The third-order valence-electron chi connectivity index (χ3n) is 3.36. The van der Waals surface area contributed by atoms with Gasteiger partial charge in [0.05, 0.1) is 24.3 Å². The quantitative estimate of drug-likeness (QED) is 0.896. The standard InChI is InChI=1S/C14H19ClN2O3/c1-2-17(7-8-18)14(19)16-12-6-9-20-13-10(12)4-3-5-11(13)15/h3-5,12,18H,2,6-9H2,1H3,(H,16,19). The van der Waals surface area contributed by atoms with Gasteiger partial charge in [0.2, 0.25) is 0 Å². The Morgan fingerprint density at radius 2 is 2.40 bits per heavy atom. The van der Waals surface area contributed by atoms with Gasteiger partial charge in [-0.25, -0.2) is 4.79 Å². The molecule has 1 aliphatic heterocycles. The zero-order chi connectivity index (χ0) is 14.5. The number of carbonyl (C=O) groups excluding carboxylic acids is 1. The lowest BCUT2D eigenvalue weighted by Gasteiger charge is -2.29. The van der Waals surface area contributed by atoms with E-state index in [-0.39, 0.29) is 18.7 Å². The van der Waals surface area contributed by atoms with Crippen molar-refractivity contribution in [3.05, 3.63) is 28.8 Å². The molecule has 6 heteroatoms. The third kappa shape index (κ3) is 3.16. The van der Waals surface area contributed by atoms with Crippen LogP contribution in [0.25, 0.3) is 0 Å². The number of ether oxygens (including phenoxy) is 1. The molecule has 1 heterocycles. The first kappa shape index (κ1) is 14.9. The van der Waals surface area contributed by atoms with E-state index in [4.69, 9.17) is 21.4 Å². The van der Waals surface area contributed by atoms with E-state index in [0.29, 0.717) is 36.9 Å². The topological polar surface area (TPSA) is 61.8 Å². The van der Waals surface area contributed by atoms with Gasteiger partial charge in [0.15, 0.2) is 0 Å². The summed E-state index contributed by atoms with van der Waals surface area (Å²) in [6.45, 7) is 3.24. The first-order chi connectivity index (χ1) is 9.67. The number of nitrogens with one attached hydrogen (secondary N) is 1. The van der Waals surface area contributed by atoms with Gasteiger partial charge in [-0.05, 0) is 13.0 Å². The van der Waals surface area contributed by atoms with Gasteiger partial charge < -0.3 is 20.1 Å². The van der Waals surface area contributed by atoms with E-state index in [9.17, 15) is 4.79 Å². The van der Waals surface area contributed by atoms with E-state index < -0.39 is 0 Å². The molecule has 110 valence electrons. The van der Waals surface area contributed by atoms with Crippen molar-refractivity contribution in [3.63, 3.8) is 0 Å². The number of para-hydroxylation sites is 1. The average molecular weight is 299 g/mol. The summed E-state index contributed by atoms with van der Waals surface area (Å²) >= 11 is 6.10. The summed E-state index contributed by atoms with van der Waals surface area (Å²) in [6, 6.07) is 5.24. The molecule has 0 saturated heterocycles. The Morgan fingerprint density at radius 3 is 3.10 bits per heavy atom. The number of aliphatic hydroxyl groups is 1. The summed E-state index contributed by atoms with van der Waals surface area (Å²) in [5, 5.41) is 12.5.